The molecule has 2 N–H and O–H groups in total. The van der Waals surface area contributed by atoms with Crippen LogP contribution in [0.2, 0.25) is 0 Å². The lowest BCUT2D eigenvalue weighted by Crippen LogP contribution is -2.36. The summed E-state index contributed by atoms with van der Waals surface area (Å²) in [5.41, 5.74) is 1.98. The van der Waals surface area contributed by atoms with E-state index in [4.69, 9.17) is 0 Å². The van der Waals surface area contributed by atoms with Gasteiger partial charge in [-0.2, -0.15) is 0 Å². The molecule has 0 atom stereocenters. The van der Waals surface area contributed by atoms with Crippen LogP contribution in [0.5, 0.6) is 0 Å². The number of nitrogens with one attached hydrogen (secondary N) is 2. The minimum Gasteiger partial charge on any atom is -0.347 e. The van der Waals surface area contributed by atoms with Gasteiger partial charge in [-0.3, -0.25) is 9.59 Å². The maximum absolute atomic E-state index is 11.8. The number of anilines is 1. The first-order valence-electron chi connectivity index (χ1n) is 7.65. The van der Waals surface area contributed by atoms with Gasteiger partial charge in [-0.05, 0) is 36.5 Å². The largest absolute Gasteiger partial charge is 0.347 e. The van der Waals surface area contributed by atoms with Crippen LogP contribution >= 0.6 is 0 Å². The van der Waals surface area contributed by atoms with Crippen molar-refractivity contribution in [2.75, 3.05) is 11.9 Å². The van der Waals surface area contributed by atoms with Gasteiger partial charge in [-0.1, -0.05) is 39.8 Å². The Bertz CT molecular complexity index is 462. The lowest BCUT2D eigenvalue weighted by Gasteiger charge is -2.13. The fourth-order valence-electron chi connectivity index (χ4n) is 2.13. The average Bonchev–Trinajstić information content (AvgIpc) is 2.47. The summed E-state index contributed by atoms with van der Waals surface area (Å²) in [5, 5.41) is 5.47. The maximum Gasteiger partial charge on any atom is 0.243 e. The van der Waals surface area contributed by atoms with Crippen molar-refractivity contribution in [1.82, 2.24) is 5.32 Å². The van der Waals surface area contributed by atoms with Crippen LogP contribution in [0, 0.1) is 5.92 Å². The molecule has 2 amide bonds. The van der Waals surface area contributed by atoms with Crippen molar-refractivity contribution in [2.24, 2.45) is 5.92 Å². The van der Waals surface area contributed by atoms with Crippen molar-refractivity contribution in [1.29, 1.82) is 0 Å². The van der Waals surface area contributed by atoms with Crippen LogP contribution in [0.25, 0.3) is 0 Å². The third-order valence-electron chi connectivity index (χ3n) is 3.64. The molecule has 21 heavy (non-hydrogen) atoms. The highest BCUT2D eigenvalue weighted by atomic mass is 16.2. The van der Waals surface area contributed by atoms with Crippen LogP contribution in [0.1, 0.15) is 52.0 Å². The SMILES string of the molecule is CCC(CC)C(=O)NCC(=O)Nc1ccc(C(C)C)cc1. The number of carbonyl (C=O) groups excluding carboxylic acids is 2. The highest BCUT2D eigenvalue weighted by Gasteiger charge is 2.14. The average molecular weight is 290 g/mol. The van der Waals surface area contributed by atoms with Crippen molar-refractivity contribution in [3.8, 4) is 0 Å². The van der Waals surface area contributed by atoms with E-state index in [0.29, 0.717) is 5.92 Å². The topological polar surface area (TPSA) is 58.2 Å². The van der Waals surface area contributed by atoms with Crippen molar-refractivity contribution in [3.05, 3.63) is 29.8 Å². The van der Waals surface area contributed by atoms with Crippen molar-refractivity contribution in [2.45, 2.75) is 46.5 Å². The van der Waals surface area contributed by atoms with Gasteiger partial charge in [-0.15, -0.1) is 0 Å². The quantitative estimate of drug-likeness (QED) is 0.809. The standard InChI is InChI=1S/C17H26N2O2/c1-5-13(6-2)17(21)18-11-16(20)19-15-9-7-14(8-10-15)12(3)4/h7-10,12-13H,5-6,11H2,1-4H3,(H,18,21)(H,19,20). The van der Waals surface area contributed by atoms with Gasteiger partial charge in [0.2, 0.25) is 11.8 Å². The highest BCUT2D eigenvalue weighted by Crippen LogP contribution is 2.17. The first kappa shape index (κ1) is 17.2. The molecule has 0 fully saturated rings. The van der Waals surface area contributed by atoms with Gasteiger partial charge in [0.15, 0.2) is 0 Å². The van der Waals surface area contributed by atoms with Crippen LogP contribution < -0.4 is 10.6 Å². The third-order valence-corrected chi connectivity index (χ3v) is 3.64. The number of hydrogen-bond donors (Lipinski definition) is 2. The van der Waals surface area contributed by atoms with Crippen molar-refractivity contribution >= 4 is 17.5 Å². The zero-order valence-electron chi connectivity index (χ0n) is 13.4. The Hall–Kier alpha value is -1.84. The number of amides is 2. The summed E-state index contributed by atoms with van der Waals surface area (Å²) in [5.74, 6) is 0.203. The first-order chi connectivity index (χ1) is 9.97. The highest BCUT2D eigenvalue weighted by molar-refractivity contribution is 5.94. The predicted octanol–water partition coefficient (Wildman–Crippen LogP) is 3.30. The normalized spacial score (nSPS) is 10.8. The van der Waals surface area contributed by atoms with E-state index in [-0.39, 0.29) is 24.3 Å². The molecule has 0 aliphatic carbocycles. The molecule has 1 aromatic carbocycles. The molecule has 0 aromatic heterocycles. The molecule has 0 heterocycles. The predicted molar refractivity (Wildman–Crippen MR) is 86.2 cm³/mol. The van der Waals surface area contributed by atoms with Gasteiger partial charge < -0.3 is 10.6 Å². The Morgan fingerprint density at radius 1 is 1.05 bits per heavy atom. The van der Waals surface area contributed by atoms with Gasteiger partial charge in [-0.25, -0.2) is 0 Å². The van der Waals surface area contributed by atoms with E-state index in [1.807, 2.05) is 38.1 Å². The number of hydrogen-bond acceptors (Lipinski definition) is 2. The molecular formula is C17H26N2O2. The molecule has 0 saturated carbocycles. The fourth-order valence-corrected chi connectivity index (χ4v) is 2.13. The molecule has 0 aliphatic rings. The van der Waals surface area contributed by atoms with E-state index in [9.17, 15) is 9.59 Å². The zero-order chi connectivity index (χ0) is 15.8. The fraction of sp³-hybridized carbons (Fsp3) is 0.529. The molecule has 1 aromatic rings. The Labute approximate surface area is 127 Å². The summed E-state index contributed by atoms with van der Waals surface area (Å²) in [6.07, 6.45) is 1.58. The lowest BCUT2D eigenvalue weighted by molar-refractivity contribution is -0.127. The molecule has 0 radical (unpaired) electrons. The molecule has 4 nitrogen and oxygen atoms in total. The van der Waals surface area contributed by atoms with Crippen LogP contribution in [0.15, 0.2) is 24.3 Å². The Morgan fingerprint density at radius 3 is 2.10 bits per heavy atom. The van der Waals surface area contributed by atoms with Crippen molar-refractivity contribution in [3.63, 3.8) is 0 Å². The molecule has 4 heteroatoms. The van der Waals surface area contributed by atoms with E-state index in [0.717, 1.165) is 18.5 Å². The van der Waals surface area contributed by atoms with Gasteiger partial charge in [0.05, 0.1) is 6.54 Å². The smallest absolute Gasteiger partial charge is 0.243 e. The second kappa shape index (κ2) is 8.45. The molecule has 116 valence electrons. The van der Waals surface area contributed by atoms with E-state index in [1.54, 1.807) is 0 Å². The van der Waals surface area contributed by atoms with Crippen LogP contribution in [-0.2, 0) is 9.59 Å². The molecule has 1 rings (SSSR count). The molecule has 0 saturated heterocycles. The molecule has 0 aliphatic heterocycles. The summed E-state index contributed by atoms with van der Waals surface area (Å²) in [6, 6.07) is 7.78. The summed E-state index contributed by atoms with van der Waals surface area (Å²) in [6.45, 7) is 8.22. The minimum atomic E-state index is -0.202. The number of rotatable bonds is 7. The summed E-state index contributed by atoms with van der Waals surface area (Å²) in [4.78, 5) is 23.6. The zero-order valence-corrected chi connectivity index (χ0v) is 13.4. The second-order valence-corrected chi connectivity index (χ2v) is 5.56. The van der Waals surface area contributed by atoms with Gasteiger partial charge >= 0.3 is 0 Å². The summed E-state index contributed by atoms with van der Waals surface area (Å²) < 4.78 is 0. The van der Waals surface area contributed by atoms with Gasteiger partial charge in [0, 0.05) is 11.6 Å². The van der Waals surface area contributed by atoms with Crippen LogP contribution in [0.3, 0.4) is 0 Å². The molecule has 0 bridgehead atoms. The number of benzene rings is 1. The summed E-state index contributed by atoms with van der Waals surface area (Å²) in [7, 11) is 0. The van der Waals surface area contributed by atoms with Crippen LogP contribution in [-0.4, -0.2) is 18.4 Å². The van der Waals surface area contributed by atoms with E-state index < -0.39 is 0 Å². The van der Waals surface area contributed by atoms with E-state index in [1.165, 1.54) is 5.56 Å². The monoisotopic (exact) mass is 290 g/mol. The summed E-state index contributed by atoms with van der Waals surface area (Å²) >= 11 is 0. The van der Waals surface area contributed by atoms with Crippen LogP contribution in [0.4, 0.5) is 5.69 Å². The van der Waals surface area contributed by atoms with E-state index in [2.05, 4.69) is 24.5 Å². The van der Waals surface area contributed by atoms with Gasteiger partial charge in [0.1, 0.15) is 0 Å². The molecule has 0 unspecified atom stereocenters. The Morgan fingerprint density at radius 2 is 1.62 bits per heavy atom. The third kappa shape index (κ3) is 5.58. The molecular weight excluding hydrogens is 264 g/mol. The maximum atomic E-state index is 11.8. The van der Waals surface area contributed by atoms with Gasteiger partial charge in [0.25, 0.3) is 0 Å². The lowest BCUT2D eigenvalue weighted by atomic mass is 10.0. The number of carbonyl (C=O) groups is 2. The Balaban J connectivity index is 2.45. The molecule has 0 spiro atoms. The minimum absolute atomic E-state index is 0.0110. The first-order valence-corrected chi connectivity index (χ1v) is 7.65. The Kier molecular flexibility index (Phi) is 6.92. The van der Waals surface area contributed by atoms with E-state index >= 15 is 0 Å². The van der Waals surface area contributed by atoms with Crippen molar-refractivity contribution < 1.29 is 9.59 Å². The second-order valence-electron chi connectivity index (χ2n) is 5.56.